The molecule has 0 amide bonds. The average Bonchev–Trinajstić information content (AvgIpc) is 2.17. The highest BCUT2D eigenvalue weighted by molar-refractivity contribution is 7.92. The lowest BCUT2D eigenvalue weighted by Gasteiger charge is -2.08. The fraction of sp³-hybridized carbons (Fsp3) is 0.333. The van der Waals surface area contributed by atoms with E-state index in [1.54, 1.807) is 0 Å². The summed E-state index contributed by atoms with van der Waals surface area (Å²) in [6.45, 7) is 1.53. The van der Waals surface area contributed by atoms with Crippen molar-refractivity contribution in [3.63, 3.8) is 0 Å². The van der Waals surface area contributed by atoms with Gasteiger partial charge < -0.3 is 9.84 Å². The summed E-state index contributed by atoms with van der Waals surface area (Å²) in [6, 6.07) is 4.31. The lowest BCUT2D eigenvalue weighted by molar-refractivity contribution is 0.373. The first kappa shape index (κ1) is 11.6. The van der Waals surface area contributed by atoms with Crippen molar-refractivity contribution >= 4 is 15.7 Å². The van der Waals surface area contributed by atoms with Crippen molar-refractivity contribution in [2.24, 2.45) is 0 Å². The van der Waals surface area contributed by atoms with Crippen LogP contribution in [0.4, 0.5) is 5.69 Å². The van der Waals surface area contributed by atoms with Gasteiger partial charge in [-0.05, 0) is 19.1 Å². The number of ether oxygens (including phenoxy) is 1. The highest BCUT2D eigenvalue weighted by Gasteiger charge is 2.08. The molecule has 15 heavy (non-hydrogen) atoms. The van der Waals surface area contributed by atoms with E-state index in [0.717, 1.165) is 0 Å². The lowest BCUT2D eigenvalue weighted by Crippen LogP contribution is -2.14. The Kier molecular flexibility index (Phi) is 3.41. The van der Waals surface area contributed by atoms with Crippen LogP contribution in [0.15, 0.2) is 18.2 Å². The quantitative estimate of drug-likeness (QED) is 0.815. The van der Waals surface area contributed by atoms with E-state index in [2.05, 4.69) is 4.72 Å². The van der Waals surface area contributed by atoms with Crippen molar-refractivity contribution in [3.8, 4) is 11.5 Å². The first-order valence-corrected chi connectivity index (χ1v) is 6.01. The predicted molar refractivity (Wildman–Crippen MR) is 57.7 cm³/mol. The average molecular weight is 231 g/mol. The van der Waals surface area contributed by atoms with Crippen molar-refractivity contribution in [3.05, 3.63) is 18.2 Å². The molecule has 1 aromatic carbocycles. The van der Waals surface area contributed by atoms with Crippen LogP contribution in [-0.2, 0) is 10.0 Å². The van der Waals surface area contributed by atoms with E-state index in [9.17, 15) is 13.5 Å². The van der Waals surface area contributed by atoms with Gasteiger partial charge in [-0.3, -0.25) is 4.72 Å². The SMILES string of the molecule is CCS(=O)(=O)Nc1ccc(OC)c(O)c1. The number of methoxy groups -OCH3 is 1. The molecule has 6 heteroatoms. The predicted octanol–water partition coefficient (Wildman–Crippen LogP) is 1.16. The molecule has 0 heterocycles. The number of hydrogen-bond acceptors (Lipinski definition) is 4. The van der Waals surface area contributed by atoms with Crippen LogP contribution in [0.1, 0.15) is 6.92 Å². The first-order chi connectivity index (χ1) is 6.98. The second-order valence-electron chi connectivity index (χ2n) is 2.89. The second kappa shape index (κ2) is 4.39. The molecule has 1 aromatic rings. The molecular weight excluding hydrogens is 218 g/mol. The Labute approximate surface area is 88.7 Å². The largest absolute Gasteiger partial charge is 0.504 e. The molecule has 1 rings (SSSR count). The van der Waals surface area contributed by atoms with Crippen LogP contribution in [0, 0.1) is 0 Å². The van der Waals surface area contributed by atoms with E-state index >= 15 is 0 Å². The molecule has 2 N–H and O–H groups in total. The van der Waals surface area contributed by atoms with Gasteiger partial charge in [-0.25, -0.2) is 8.42 Å². The molecule has 0 unspecified atom stereocenters. The van der Waals surface area contributed by atoms with Crippen LogP contribution in [0.25, 0.3) is 0 Å². The molecule has 0 aliphatic carbocycles. The Morgan fingerprint density at radius 2 is 2.13 bits per heavy atom. The zero-order valence-electron chi connectivity index (χ0n) is 8.52. The van der Waals surface area contributed by atoms with Gasteiger partial charge in [-0.15, -0.1) is 0 Å². The zero-order valence-corrected chi connectivity index (χ0v) is 9.34. The number of benzene rings is 1. The van der Waals surface area contributed by atoms with Gasteiger partial charge in [0.1, 0.15) is 0 Å². The van der Waals surface area contributed by atoms with E-state index in [4.69, 9.17) is 4.74 Å². The van der Waals surface area contributed by atoms with Crippen LogP contribution in [-0.4, -0.2) is 26.4 Å². The Hall–Kier alpha value is -1.43. The van der Waals surface area contributed by atoms with Crippen molar-refractivity contribution in [1.82, 2.24) is 0 Å². The molecule has 5 nitrogen and oxygen atoms in total. The number of anilines is 1. The Balaban J connectivity index is 2.94. The van der Waals surface area contributed by atoms with Crippen molar-refractivity contribution in [1.29, 1.82) is 0 Å². The van der Waals surface area contributed by atoms with Gasteiger partial charge >= 0.3 is 0 Å². The van der Waals surface area contributed by atoms with Gasteiger partial charge in [0.05, 0.1) is 18.6 Å². The van der Waals surface area contributed by atoms with E-state index < -0.39 is 10.0 Å². The van der Waals surface area contributed by atoms with E-state index in [0.29, 0.717) is 11.4 Å². The fourth-order valence-corrected chi connectivity index (χ4v) is 1.64. The van der Waals surface area contributed by atoms with Crippen LogP contribution in [0.5, 0.6) is 11.5 Å². The fourth-order valence-electron chi connectivity index (χ4n) is 1.01. The smallest absolute Gasteiger partial charge is 0.232 e. The van der Waals surface area contributed by atoms with Gasteiger partial charge in [-0.1, -0.05) is 0 Å². The number of phenols is 1. The summed E-state index contributed by atoms with van der Waals surface area (Å²) in [5.41, 5.74) is 0.315. The van der Waals surface area contributed by atoms with Gasteiger partial charge in [0, 0.05) is 6.07 Å². The summed E-state index contributed by atoms with van der Waals surface area (Å²) in [4.78, 5) is 0. The number of rotatable bonds is 4. The van der Waals surface area contributed by atoms with Crippen LogP contribution in [0.3, 0.4) is 0 Å². The molecule has 0 fully saturated rings. The summed E-state index contributed by atoms with van der Waals surface area (Å²) in [5.74, 6) is 0.183. The summed E-state index contributed by atoms with van der Waals surface area (Å²) in [5, 5.41) is 9.40. The normalized spacial score (nSPS) is 11.1. The molecule has 84 valence electrons. The van der Waals surface area contributed by atoms with Crippen molar-refractivity contribution in [2.45, 2.75) is 6.92 Å². The third-order valence-corrected chi connectivity index (χ3v) is 3.14. The maximum absolute atomic E-state index is 11.2. The number of sulfonamides is 1. The Morgan fingerprint density at radius 3 is 2.60 bits per heavy atom. The Morgan fingerprint density at radius 1 is 1.47 bits per heavy atom. The second-order valence-corrected chi connectivity index (χ2v) is 4.90. The first-order valence-electron chi connectivity index (χ1n) is 4.36. The van der Waals surface area contributed by atoms with E-state index in [-0.39, 0.29) is 11.5 Å². The number of aromatic hydroxyl groups is 1. The molecule has 0 bridgehead atoms. The monoisotopic (exact) mass is 231 g/mol. The molecule has 0 atom stereocenters. The third kappa shape index (κ3) is 3.02. The summed E-state index contributed by atoms with van der Waals surface area (Å²) in [7, 11) is -1.89. The third-order valence-electron chi connectivity index (χ3n) is 1.83. The minimum Gasteiger partial charge on any atom is -0.504 e. The molecule has 0 saturated heterocycles. The number of hydrogen-bond donors (Lipinski definition) is 2. The zero-order chi connectivity index (χ0) is 11.5. The van der Waals surface area contributed by atoms with Gasteiger partial charge in [0.2, 0.25) is 10.0 Å². The van der Waals surface area contributed by atoms with Crippen LogP contribution in [0.2, 0.25) is 0 Å². The minimum atomic E-state index is -3.31. The standard InChI is InChI=1S/C9H13NO4S/c1-3-15(12,13)10-7-4-5-9(14-2)8(11)6-7/h4-6,10-11H,3H2,1-2H3. The molecule has 0 aromatic heterocycles. The Bertz CT molecular complexity index is 441. The number of nitrogens with one attached hydrogen (secondary N) is 1. The molecule has 0 saturated carbocycles. The summed E-state index contributed by atoms with van der Waals surface area (Å²) >= 11 is 0. The number of phenolic OH excluding ortho intramolecular Hbond substituents is 1. The van der Waals surface area contributed by atoms with Crippen LogP contribution < -0.4 is 9.46 Å². The van der Waals surface area contributed by atoms with Gasteiger partial charge in [-0.2, -0.15) is 0 Å². The topological polar surface area (TPSA) is 75.6 Å². The van der Waals surface area contributed by atoms with Crippen molar-refractivity contribution < 1.29 is 18.3 Å². The molecule has 0 spiro atoms. The molecule has 0 radical (unpaired) electrons. The maximum Gasteiger partial charge on any atom is 0.232 e. The highest BCUT2D eigenvalue weighted by atomic mass is 32.2. The van der Waals surface area contributed by atoms with E-state index in [1.165, 1.54) is 32.2 Å². The van der Waals surface area contributed by atoms with Crippen LogP contribution >= 0.6 is 0 Å². The minimum absolute atomic E-state index is 0.0141. The highest BCUT2D eigenvalue weighted by Crippen LogP contribution is 2.28. The molecule has 0 aliphatic rings. The summed E-state index contributed by atoms with van der Waals surface area (Å²) in [6.07, 6.45) is 0. The maximum atomic E-state index is 11.2. The van der Waals surface area contributed by atoms with Crippen molar-refractivity contribution in [2.75, 3.05) is 17.6 Å². The van der Waals surface area contributed by atoms with Gasteiger partial charge in [0.15, 0.2) is 11.5 Å². The van der Waals surface area contributed by atoms with E-state index in [1.807, 2.05) is 0 Å². The van der Waals surface area contributed by atoms with Gasteiger partial charge in [0.25, 0.3) is 0 Å². The molecule has 0 aliphatic heterocycles. The molecular formula is C9H13NO4S. The lowest BCUT2D eigenvalue weighted by atomic mass is 10.3. The summed E-state index contributed by atoms with van der Waals surface area (Å²) < 4.78 is 29.6.